The Bertz CT molecular complexity index is 1010. The number of alkyl carbamates (subject to hydrolysis) is 1. The molecule has 8 nitrogen and oxygen atoms in total. The topological polar surface area (TPSA) is 125 Å². The van der Waals surface area contributed by atoms with Crippen LogP contribution in [0.15, 0.2) is 48.5 Å². The fourth-order valence-electron chi connectivity index (χ4n) is 5.00. The van der Waals surface area contributed by atoms with Gasteiger partial charge in [0.15, 0.2) is 6.10 Å². The van der Waals surface area contributed by atoms with Crippen LogP contribution >= 0.6 is 0 Å². The van der Waals surface area contributed by atoms with Crippen molar-refractivity contribution in [2.24, 2.45) is 5.92 Å². The smallest absolute Gasteiger partial charge is 0.407 e. The minimum Gasteiger partial charge on any atom is -0.479 e. The molecule has 34 heavy (non-hydrogen) atoms. The highest BCUT2D eigenvalue weighted by atomic mass is 16.5. The molecular weight excluding hydrogens is 436 g/mol. The number of carboxylic acids is 1. The van der Waals surface area contributed by atoms with Gasteiger partial charge in [0.05, 0.1) is 12.5 Å². The molecule has 4 N–H and O–H groups in total. The van der Waals surface area contributed by atoms with E-state index in [4.69, 9.17) is 9.84 Å². The van der Waals surface area contributed by atoms with Crippen LogP contribution in [0, 0.1) is 5.92 Å². The molecule has 2 aliphatic rings. The Balaban J connectivity index is 1.38. The van der Waals surface area contributed by atoms with Gasteiger partial charge < -0.3 is 25.6 Å². The summed E-state index contributed by atoms with van der Waals surface area (Å²) in [4.78, 5) is 36.3. The maximum absolute atomic E-state index is 12.7. The number of benzene rings is 2. The molecule has 0 radical (unpaired) electrons. The van der Waals surface area contributed by atoms with Gasteiger partial charge in [0.2, 0.25) is 5.91 Å². The number of aliphatic carboxylic acids is 1. The van der Waals surface area contributed by atoms with Crippen molar-refractivity contribution < 1.29 is 29.3 Å². The van der Waals surface area contributed by atoms with E-state index in [1.807, 2.05) is 24.3 Å². The summed E-state index contributed by atoms with van der Waals surface area (Å²) in [5, 5.41) is 23.6. The largest absolute Gasteiger partial charge is 0.479 e. The lowest BCUT2D eigenvalue weighted by Gasteiger charge is -2.25. The molecule has 2 amide bonds. The summed E-state index contributed by atoms with van der Waals surface area (Å²) < 4.78 is 5.64. The van der Waals surface area contributed by atoms with E-state index in [0.29, 0.717) is 12.8 Å². The summed E-state index contributed by atoms with van der Waals surface area (Å²) in [5.74, 6) is -2.33. The van der Waals surface area contributed by atoms with Crippen molar-refractivity contribution in [3.05, 3.63) is 59.7 Å². The molecule has 8 heteroatoms. The zero-order chi connectivity index (χ0) is 24.1. The van der Waals surface area contributed by atoms with Crippen LogP contribution in [0.3, 0.4) is 0 Å². The van der Waals surface area contributed by atoms with Gasteiger partial charge in [-0.1, -0.05) is 67.8 Å². The predicted molar refractivity (Wildman–Crippen MR) is 125 cm³/mol. The van der Waals surface area contributed by atoms with E-state index in [0.717, 1.165) is 41.5 Å². The van der Waals surface area contributed by atoms with Crippen LogP contribution in [0.4, 0.5) is 4.79 Å². The van der Waals surface area contributed by atoms with Gasteiger partial charge in [-0.15, -0.1) is 0 Å². The van der Waals surface area contributed by atoms with Crippen LogP contribution in [0.5, 0.6) is 0 Å². The molecule has 0 heterocycles. The average molecular weight is 467 g/mol. The monoisotopic (exact) mass is 466 g/mol. The zero-order valence-corrected chi connectivity index (χ0v) is 18.9. The van der Waals surface area contributed by atoms with Crippen LogP contribution in [0.1, 0.15) is 49.1 Å². The number of carboxylic acid groups (broad SMARTS) is 1. The lowest BCUT2D eigenvalue weighted by atomic mass is 9.93. The summed E-state index contributed by atoms with van der Waals surface area (Å²) in [6, 6.07) is 15.8. The van der Waals surface area contributed by atoms with Gasteiger partial charge in [0, 0.05) is 12.0 Å². The highest BCUT2D eigenvalue weighted by Gasteiger charge is 2.33. The molecule has 1 fully saturated rings. The van der Waals surface area contributed by atoms with Crippen molar-refractivity contribution >= 4 is 18.0 Å². The number of amides is 2. The molecule has 3 atom stereocenters. The van der Waals surface area contributed by atoms with E-state index >= 15 is 0 Å². The number of hydrogen-bond donors (Lipinski definition) is 4. The Kier molecular flexibility index (Phi) is 7.47. The van der Waals surface area contributed by atoms with Gasteiger partial charge in [0.1, 0.15) is 6.61 Å². The van der Waals surface area contributed by atoms with Gasteiger partial charge >= 0.3 is 12.1 Å². The molecule has 0 aliphatic heterocycles. The summed E-state index contributed by atoms with van der Waals surface area (Å²) in [6.45, 7) is -0.184. The number of fused-ring (bicyclic) bond motifs is 3. The molecule has 2 aromatic rings. The molecular formula is C26H30N2O6. The number of aliphatic hydroxyl groups is 1. The number of carbonyl (C=O) groups excluding carboxylic acids is 2. The first-order valence-corrected chi connectivity index (χ1v) is 11.8. The Morgan fingerprint density at radius 3 is 2.21 bits per heavy atom. The first kappa shape index (κ1) is 23.8. The fraction of sp³-hybridized carbons (Fsp3) is 0.423. The lowest BCUT2D eigenvalue weighted by molar-refractivity contribution is -0.146. The summed E-state index contributed by atoms with van der Waals surface area (Å²) in [7, 11) is 0. The first-order chi connectivity index (χ1) is 16.5. The van der Waals surface area contributed by atoms with Crippen molar-refractivity contribution in [2.45, 2.75) is 50.2 Å². The average Bonchev–Trinajstić information content (AvgIpc) is 2.97. The molecule has 0 spiro atoms. The standard InChI is InChI=1S/C26H30N2O6/c29-23(25(31)32)14-27-24(30)20-12-2-1-3-13-22(20)28-26(33)34-15-21-18-10-6-4-8-16(18)17-9-5-7-11-19(17)21/h4-11,20-23,29H,1-3,12-15H2,(H,27,30)(H,28,33)(H,31,32)/t20-,22+,23+/m1/s1. The van der Waals surface area contributed by atoms with Gasteiger partial charge in [-0.2, -0.15) is 0 Å². The predicted octanol–water partition coefficient (Wildman–Crippen LogP) is 3.04. The SMILES string of the molecule is O=C(N[C@H]1CCCCC[C@H]1C(=O)NC[C@H](O)C(=O)O)OCC1c2ccccc2-c2ccccc21. The second kappa shape index (κ2) is 10.7. The minimum atomic E-state index is -1.66. The molecule has 4 rings (SSSR count). The highest BCUT2D eigenvalue weighted by Crippen LogP contribution is 2.44. The third-order valence-corrected chi connectivity index (χ3v) is 6.75. The molecule has 1 saturated carbocycles. The Hall–Kier alpha value is -3.39. The summed E-state index contributed by atoms with van der Waals surface area (Å²) >= 11 is 0. The molecule has 2 aliphatic carbocycles. The van der Waals surface area contributed by atoms with Crippen LogP contribution in [0.2, 0.25) is 0 Å². The highest BCUT2D eigenvalue weighted by molar-refractivity contribution is 5.82. The normalized spacial score (nSPS) is 20.4. The number of aliphatic hydroxyl groups excluding tert-OH is 1. The molecule has 0 saturated heterocycles. The van der Waals surface area contributed by atoms with Crippen molar-refractivity contribution in [3.8, 4) is 11.1 Å². The second-order valence-corrected chi connectivity index (χ2v) is 8.92. The quantitative estimate of drug-likeness (QED) is 0.465. The van der Waals surface area contributed by atoms with Gasteiger partial charge in [-0.05, 0) is 35.1 Å². The first-order valence-electron chi connectivity index (χ1n) is 11.8. The Morgan fingerprint density at radius 2 is 1.56 bits per heavy atom. The number of ether oxygens (including phenoxy) is 1. The van der Waals surface area contributed by atoms with E-state index in [2.05, 4.69) is 34.9 Å². The van der Waals surface area contributed by atoms with Crippen LogP contribution in [-0.4, -0.2) is 53.5 Å². The number of carbonyl (C=O) groups is 3. The van der Waals surface area contributed by atoms with Crippen LogP contribution in [-0.2, 0) is 14.3 Å². The van der Waals surface area contributed by atoms with Gasteiger partial charge in [0.25, 0.3) is 0 Å². The third-order valence-electron chi connectivity index (χ3n) is 6.75. The third kappa shape index (κ3) is 5.22. The lowest BCUT2D eigenvalue weighted by Crippen LogP contribution is -2.48. The fourth-order valence-corrected chi connectivity index (χ4v) is 5.00. The van der Waals surface area contributed by atoms with Crippen molar-refractivity contribution in [3.63, 3.8) is 0 Å². The Labute approximate surface area is 198 Å². The number of hydrogen-bond acceptors (Lipinski definition) is 5. The van der Waals surface area contributed by atoms with E-state index in [-0.39, 0.29) is 25.0 Å². The zero-order valence-electron chi connectivity index (χ0n) is 18.9. The number of rotatable bonds is 7. The second-order valence-electron chi connectivity index (χ2n) is 8.92. The maximum atomic E-state index is 12.7. The van der Waals surface area contributed by atoms with Crippen molar-refractivity contribution in [1.29, 1.82) is 0 Å². The van der Waals surface area contributed by atoms with E-state index in [1.165, 1.54) is 0 Å². The summed E-state index contributed by atoms with van der Waals surface area (Å²) in [6.07, 6.45) is 1.62. The van der Waals surface area contributed by atoms with Gasteiger partial charge in [-0.25, -0.2) is 9.59 Å². The molecule has 0 bridgehead atoms. The molecule has 2 aromatic carbocycles. The van der Waals surface area contributed by atoms with Crippen molar-refractivity contribution in [2.75, 3.05) is 13.2 Å². The molecule has 0 unspecified atom stereocenters. The van der Waals surface area contributed by atoms with E-state index in [1.54, 1.807) is 0 Å². The van der Waals surface area contributed by atoms with E-state index < -0.39 is 30.1 Å². The Morgan fingerprint density at radius 1 is 0.941 bits per heavy atom. The number of nitrogens with one attached hydrogen (secondary N) is 2. The molecule has 0 aromatic heterocycles. The summed E-state index contributed by atoms with van der Waals surface area (Å²) in [5.41, 5.74) is 4.55. The minimum absolute atomic E-state index is 0.0520. The van der Waals surface area contributed by atoms with Crippen molar-refractivity contribution in [1.82, 2.24) is 10.6 Å². The van der Waals surface area contributed by atoms with Crippen LogP contribution < -0.4 is 10.6 Å². The molecule has 180 valence electrons. The van der Waals surface area contributed by atoms with Gasteiger partial charge in [-0.3, -0.25) is 4.79 Å². The van der Waals surface area contributed by atoms with E-state index in [9.17, 15) is 19.5 Å². The van der Waals surface area contributed by atoms with Crippen LogP contribution in [0.25, 0.3) is 11.1 Å². The maximum Gasteiger partial charge on any atom is 0.407 e.